The summed E-state index contributed by atoms with van der Waals surface area (Å²) in [6.45, 7) is 5.35. The van der Waals surface area contributed by atoms with Crippen LogP contribution in [-0.2, 0) is 23.9 Å². The Kier molecular flexibility index (Phi) is 39.2. The van der Waals surface area contributed by atoms with Crippen molar-refractivity contribution in [3.63, 3.8) is 0 Å². The van der Waals surface area contributed by atoms with Gasteiger partial charge in [0.15, 0.2) is 0 Å². The van der Waals surface area contributed by atoms with Crippen molar-refractivity contribution >= 4 is 18.2 Å². The molecule has 0 heterocycles. The van der Waals surface area contributed by atoms with Crippen molar-refractivity contribution in [1.82, 2.24) is 0 Å². The Hall–Kier alpha value is -1.43. The second-order valence-corrected chi connectivity index (χ2v) is 15.1. The van der Waals surface area contributed by atoms with Gasteiger partial charge in [-0.25, -0.2) is 0 Å². The smallest absolute Gasteiger partial charge is 0.305 e. The molecule has 2 unspecified atom stereocenters. The summed E-state index contributed by atoms with van der Waals surface area (Å²) in [5, 5.41) is 10.5. The Balaban J connectivity index is 3.54. The Morgan fingerprint density at radius 2 is 0.740 bits per heavy atom. The molecule has 0 amide bonds. The molecule has 0 aliphatic heterocycles. The van der Waals surface area contributed by atoms with E-state index in [1.54, 1.807) is 0 Å². The highest BCUT2D eigenvalue weighted by Gasteiger charge is 2.18. The number of aldehydes is 1. The van der Waals surface area contributed by atoms with Gasteiger partial charge in [0.1, 0.15) is 6.29 Å². The lowest BCUT2D eigenvalue weighted by atomic mass is 9.93. The summed E-state index contributed by atoms with van der Waals surface area (Å²) in [6, 6.07) is 0. The minimum atomic E-state index is -0.649. The number of hydrogen-bond donors (Lipinski definition) is 1. The highest BCUT2D eigenvalue weighted by Crippen LogP contribution is 2.18. The van der Waals surface area contributed by atoms with Gasteiger partial charge in [-0.1, -0.05) is 174 Å². The fourth-order valence-corrected chi connectivity index (χ4v) is 6.77. The number of unbranched alkanes of at least 4 members (excludes halogenated alkanes) is 27. The first-order valence-corrected chi connectivity index (χ1v) is 22.0. The topological polar surface area (TPSA) is 89.9 Å². The van der Waals surface area contributed by atoms with Crippen LogP contribution in [0.2, 0.25) is 0 Å². The van der Waals surface area contributed by atoms with E-state index in [9.17, 15) is 19.5 Å². The predicted octanol–water partition coefficient (Wildman–Crippen LogP) is 12.9. The third-order valence-electron chi connectivity index (χ3n) is 10.2. The zero-order valence-electron chi connectivity index (χ0n) is 33.4. The van der Waals surface area contributed by atoms with E-state index < -0.39 is 6.10 Å². The highest BCUT2D eigenvalue weighted by atomic mass is 16.5. The molecule has 2 atom stereocenters. The van der Waals surface area contributed by atoms with Crippen LogP contribution in [0.15, 0.2) is 0 Å². The first-order chi connectivity index (χ1) is 24.5. The van der Waals surface area contributed by atoms with Gasteiger partial charge in [-0.15, -0.1) is 0 Å². The zero-order chi connectivity index (χ0) is 36.6. The number of ether oxygens (including phenoxy) is 2. The van der Waals surface area contributed by atoms with Gasteiger partial charge in [0.05, 0.1) is 19.3 Å². The number of aliphatic hydroxyl groups is 1. The van der Waals surface area contributed by atoms with Crippen molar-refractivity contribution in [2.24, 2.45) is 5.92 Å². The van der Waals surface area contributed by atoms with E-state index in [2.05, 4.69) is 13.8 Å². The Bertz CT molecular complexity index is 725. The second-order valence-electron chi connectivity index (χ2n) is 15.1. The largest absolute Gasteiger partial charge is 0.466 e. The minimum absolute atomic E-state index is 0.0978. The monoisotopic (exact) mass is 709 g/mol. The standard InChI is InChI=1S/C44H84O6/c1-3-5-7-9-11-13-15-17-19-21-23-25-29-36-43(47)49-38-32-27-28-35-42(46)41(40-45)34-31-33-39-50-44(48)37-30-26-24-22-20-18-16-14-12-10-8-6-4-2/h40-42,46H,3-39H2,1-2H3. The Morgan fingerprint density at radius 1 is 0.440 bits per heavy atom. The van der Waals surface area contributed by atoms with Gasteiger partial charge in [0.2, 0.25) is 0 Å². The molecular weight excluding hydrogens is 624 g/mol. The summed E-state index contributed by atoms with van der Waals surface area (Å²) in [5.41, 5.74) is 0. The third kappa shape index (κ3) is 36.4. The molecule has 6 heteroatoms. The van der Waals surface area contributed by atoms with Crippen LogP contribution < -0.4 is 0 Å². The van der Waals surface area contributed by atoms with Crippen LogP contribution in [0, 0.1) is 5.92 Å². The molecule has 0 radical (unpaired) electrons. The van der Waals surface area contributed by atoms with E-state index in [1.165, 1.54) is 141 Å². The van der Waals surface area contributed by atoms with Crippen molar-refractivity contribution in [2.75, 3.05) is 13.2 Å². The molecule has 0 saturated heterocycles. The Labute approximate surface area is 310 Å². The number of hydrogen-bond acceptors (Lipinski definition) is 6. The van der Waals surface area contributed by atoms with Gasteiger partial charge in [-0.05, 0) is 51.4 Å². The van der Waals surface area contributed by atoms with E-state index in [0.29, 0.717) is 45.3 Å². The molecule has 0 aromatic carbocycles. The summed E-state index contributed by atoms with van der Waals surface area (Å²) in [7, 11) is 0. The maximum Gasteiger partial charge on any atom is 0.305 e. The van der Waals surface area contributed by atoms with Gasteiger partial charge in [-0.3, -0.25) is 9.59 Å². The van der Waals surface area contributed by atoms with Gasteiger partial charge < -0.3 is 19.4 Å². The second kappa shape index (κ2) is 40.3. The maximum absolute atomic E-state index is 12.0. The van der Waals surface area contributed by atoms with Crippen molar-refractivity contribution in [1.29, 1.82) is 0 Å². The SMILES string of the molecule is CCCCCCCCCCCCCCCC(=O)OCCCCCC(O)C(C=O)CCCCOC(=O)CCCCCCCCCCCCCCC. The first-order valence-electron chi connectivity index (χ1n) is 22.0. The summed E-state index contributed by atoms with van der Waals surface area (Å²) >= 11 is 0. The van der Waals surface area contributed by atoms with Crippen molar-refractivity contribution < 1.29 is 29.0 Å². The van der Waals surface area contributed by atoms with E-state index >= 15 is 0 Å². The van der Waals surface area contributed by atoms with Gasteiger partial charge >= 0.3 is 11.9 Å². The predicted molar refractivity (Wildman–Crippen MR) is 210 cm³/mol. The van der Waals surface area contributed by atoms with Crippen molar-refractivity contribution in [3.8, 4) is 0 Å². The number of carbonyl (C=O) groups is 3. The van der Waals surface area contributed by atoms with E-state index in [-0.39, 0.29) is 17.9 Å². The average molecular weight is 709 g/mol. The number of esters is 2. The number of rotatable bonds is 41. The fourth-order valence-electron chi connectivity index (χ4n) is 6.77. The van der Waals surface area contributed by atoms with Gasteiger partial charge in [-0.2, -0.15) is 0 Å². The maximum atomic E-state index is 12.0. The molecule has 0 aromatic rings. The quantitative estimate of drug-likeness (QED) is 0.0386. The minimum Gasteiger partial charge on any atom is -0.466 e. The van der Waals surface area contributed by atoms with E-state index in [0.717, 1.165) is 57.7 Å². The fraction of sp³-hybridized carbons (Fsp3) is 0.932. The van der Waals surface area contributed by atoms with Crippen LogP contribution >= 0.6 is 0 Å². The lowest BCUT2D eigenvalue weighted by molar-refractivity contribution is -0.144. The van der Waals surface area contributed by atoms with Crippen LogP contribution in [0.3, 0.4) is 0 Å². The molecule has 0 aromatic heterocycles. The lowest BCUT2D eigenvalue weighted by Crippen LogP contribution is -2.22. The molecule has 0 rings (SSSR count). The van der Waals surface area contributed by atoms with E-state index in [4.69, 9.17) is 9.47 Å². The van der Waals surface area contributed by atoms with Gasteiger partial charge in [0.25, 0.3) is 0 Å². The summed E-state index contributed by atoms with van der Waals surface area (Å²) in [4.78, 5) is 35.6. The molecule has 0 spiro atoms. The lowest BCUT2D eigenvalue weighted by Gasteiger charge is -2.17. The number of carbonyl (C=O) groups excluding carboxylic acids is 3. The first kappa shape index (κ1) is 48.6. The highest BCUT2D eigenvalue weighted by molar-refractivity contribution is 5.69. The van der Waals surface area contributed by atoms with E-state index in [1.807, 2.05) is 0 Å². The molecule has 0 aliphatic rings. The molecule has 0 bridgehead atoms. The van der Waals surface area contributed by atoms with Crippen LogP contribution in [0.5, 0.6) is 0 Å². The normalized spacial score (nSPS) is 12.5. The van der Waals surface area contributed by atoms with Crippen molar-refractivity contribution in [3.05, 3.63) is 0 Å². The summed E-state index contributed by atoms with van der Waals surface area (Å²) < 4.78 is 10.8. The van der Waals surface area contributed by atoms with Crippen LogP contribution in [0.25, 0.3) is 0 Å². The molecule has 0 fully saturated rings. The van der Waals surface area contributed by atoms with Crippen molar-refractivity contribution in [2.45, 2.75) is 245 Å². The number of aliphatic hydroxyl groups excluding tert-OH is 1. The third-order valence-corrected chi connectivity index (χ3v) is 10.2. The van der Waals surface area contributed by atoms with Crippen LogP contribution in [0.4, 0.5) is 0 Å². The zero-order valence-corrected chi connectivity index (χ0v) is 33.4. The van der Waals surface area contributed by atoms with Crippen LogP contribution in [-0.4, -0.2) is 42.6 Å². The summed E-state index contributed by atoms with van der Waals surface area (Å²) in [6.07, 6.45) is 39.9. The molecule has 296 valence electrons. The summed E-state index contributed by atoms with van der Waals surface area (Å²) in [5.74, 6) is -0.598. The molecule has 0 saturated carbocycles. The van der Waals surface area contributed by atoms with Gasteiger partial charge in [0, 0.05) is 18.8 Å². The molecule has 1 N–H and O–H groups in total. The molecule has 6 nitrogen and oxygen atoms in total. The Morgan fingerprint density at radius 3 is 1.10 bits per heavy atom. The molecular formula is C44H84O6. The molecule has 50 heavy (non-hydrogen) atoms. The average Bonchev–Trinajstić information content (AvgIpc) is 3.11. The van der Waals surface area contributed by atoms with Crippen LogP contribution in [0.1, 0.15) is 239 Å². The molecule has 0 aliphatic carbocycles.